The highest BCUT2D eigenvalue weighted by molar-refractivity contribution is 6.76. The summed E-state index contributed by atoms with van der Waals surface area (Å²) in [7, 11) is -0.887. The summed E-state index contributed by atoms with van der Waals surface area (Å²) in [5.74, 6) is 0. The van der Waals surface area contributed by atoms with Gasteiger partial charge in [0, 0.05) is 8.07 Å². The summed E-state index contributed by atoms with van der Waals surface area (Å²) in [4.78, 5) is 9.98. The van der Waals surface area contributed by atoms with Gasteiger partial charge in [0.15, 0.2) is 0 Å². The van der Waals surface area contributed by atoms with Gasteiger partial charge >= 0.3 is 0 Å². The third-order valence-corrected chi connectivity index (χ3v) is 3.75. The van der Waals surface area contributed by atoms with E-state index in [2.05, 4.69) is 19.6 Å². The molecule has 4 heteroatoms. The van der Waals surface area contributed by atoms with Crippen molar-refractivity contribution in [3.05, 3.63) is 0 Å². The average Bonchev–Trinajstić information content (AvgIpc) is 2.77. The minimum absolute atomic E-state index is 0.303. The van der Waals surface area contributed by atoms with Crippen molar-refractivity contribution in [2.24, 2.45) is 0 Å². The molecule has 0 spiro atoms. The molecule has 0 radical (unpaired) electrons. The lowest BCUT2D eigenvalue weighted by atomic mass is 10.5. The van der Waals surface area contributed by atoms with Crippen LogP contribution in [0.1, 0.15) is 6.42 Å². The highest BCUT2D eigenvalue weighted by Crippen LogP contribution is 2.11. The molecule has 1 unspecified atom stereocenters. The molecule has 1 aliphatic rings. The average molecular weight is 204 g/mol. The minimum Gasteiger partial charge on any atom is -0.370 e. The zero-order valence-electron chi connectivity index (χ0n) is 8.84. The summed E-state index contributed by atoms with van der Waals surface area (Å²) in [6.07, 6.45) is 1.42. The van der Waals surface area contributed by atoms with Crippen LogP contribution in [-0.4, -0.2) is 34.0 Å². The van der Waals surface area contributed by atoms with Gasteiger partial charge in [-0.15, -0.1) is 0 Å². The molecule has 3 nitrogen and oxygen atoms in total. The zero-order valence-corrected chi connectivity index (χ0v) is 9.84. The monoisotopic (exact) mass is 204 g/mol. The molecule has 13 heavy (non-hydrogen) atoms. The van der Waals surface area contributed by atoms with Gasteiger partial charge in [-0.1, -0.05) is 25.7 Å². The molecule has 1 rings (SSSR count). The summed E-state index contributed by atoms with van der Waals surface area (Å²) in [6, 6.07) is 1.30. The van der Waals surface area contributed by atoms with Gasteiger partial charge in [0.25, 0.3) is 0 Å². The summed E-state index contributed by atoms with van der Waals surface area (Å²) < 4.78 is 4.97. The number of epoxide rings is 1. The van der Waals surface area contributed by atoms with Crippen LogP contribution in [0.5, 0.6) is 0 Å². The van der Waals surface area contributed by atoms with Crippen molar-refractivity contribution in [2.75, 3.05) is 19.8 Å². The highest BCUT2D eigenvalue weighted by atomic mass is 28.3. The molecule has 0 aromatic carbocycles. The molecule has 0 aromatic rings. The van der Waals surface area contributed by atoms with Crippen molar-refractivity contribution < 1.29 is 14.5 Å². The number of hydrogen-bond acceptors (Lipinski definition) is 3. The molecular formula is C9H20O3Si. The Morgan fingerprint density at radius 2 is 2.00 bits per heavy atom. The van der Waals surface area contributed by atoms with Crippen LogP contribution in [0, 0.1) is 0 Å². The Balaban J connectivity index is 1.78. The maximum absolute atomic E-state index is 5.02. The summed E-state index contributed by atoms with van der Waals surface area (Å²) >= 11 is 0. The smallest absolute Gasteiger partial charge is 0.111 e. The second kappa shape index (κ2) is 5.10. The van der Waals surface area contributed by atoms with E-state index in [4.69, 9.17) is 14.5 Å². The van der Waals surface area contributed by atoms with E-state index in [1.807, 2.05) is 0 Å². The molecule has 0 saturated carbocycles. The third kappa shape index (κ3) is 7.19. The number of rotatable bonds is 7. The van der Waals surface area contributed by atoms with Crippen molar-refractivity contribution >= 4 is 8.07 Å². The van der Waals surface area contributed by atoms with Gasteiger partial charge in [-0.3, -0.25) is 0 Å². The molecule has 1 aliphatic heterocycles. The Labute approximate surface area is 81.3 Å². The lowest BCUT2D eigenvalue weighted by Gasteiger charge is -2.14. The van der Waals surface area contributed by atoms with E-state index in [9.17, 15) is 0 Å². The first kappa shape index (κ1) is 11.2. The SMILES string of the molecule is C[Si](C)(C)CCCOOCC1CO1. The molecule has 1 atom stereocenters. The van der Waals surface area contributed by atoms with Crippen LogP contribution in [0.25, 0.3) is 0 Å². The Kier molecular flexibility index (Phi) is 4.38. The molecule has 0 aromatic heterocycles. The van der Waals surface area contributed by atoms with Crippen LogP contribution in [0.15, 0.2) is 0 Å². The molecule has 78 valence electrons. The van der Waals surface area contributed by atoms with Crippen LogP contribution in [-0.2, 0) is 14.5 Å². The maximum Gasteiger partial charge on any atom is 0.111 e. The van der Waals surface area contributed by atoms with E-state index < -0.39 is 8.07 Å². The van der Waals surface area contributed by atoms with Gasteiger partial charge < -0.3 is 4.74 Å². The van der Waals surface area contributed by atoms with Crippen molar-refractivity contribution in [3.8, 4) is 0 Å². The van der Waals surface area contributed by atoms with E-state index in [1.54, 1.807) is 0 Å². The molecule has 1 heterocycles. The maximum atomic E-state index is 5.02. The largest absolute Gasteiger partial charge is 0.370 e. The minimum atomic E-state index is -0.887. The molecule has 0 bridgehead atoms. The van der Waals surface area contributed by atoms with Crippen LogP contribution < -0.4 is 0 Å². The zero-order chi connectivity index (χ0) is 9.73. The quantitative estimate of drug-likeness (QED) is 0.209. The fourth-order valence-corrected chi connectivity index (χ4v) is 2.21. The first-order valence-electron chi connectivity index (χ1n) is 4.94. The van der Waals surface area contributed by atoms with Crippen molar-refractivity contribution in [1.29, 1.82) is 0 Å². The number of hydrogen-bond donors (Lipinski definition) is 0. The van der Waals surface area contributed by atoms with E-state index in [1.165, 1.54) is 6.04 Å². The first-order chi connectivity index (χ1) is 6.08. The van der Waals surface area contributed by atoms with Crippen molar-refractivity contribution in [2.45, 2.75) is 38.2 Å². The predicted octanol–water partition coefficient (Wildman–Crippen LogP) is 2.06. The van der Waals surface area contributed by atoms with Crippen molar-refractivity contribution in [3.63, 3.8) is 0 Å². The van der Waals surface area contributed by atoms with Gasteiger partial charge in [-0.2, -0.15) is 0 Å². The fourth-order valence-electron chi connectivity index (χ4n) is 1.01. The van der Waals surface area contributed by atoms with Crippen molar-refractivity contribution in [1.82, 2.24) is 0 Å². The van der Waals surface area contributed by atoms with Crippen LogP contribution in [0.4, 0.5) is 0 Å². The number of ether oxygens (including phenoxy) is 1. The van der Waals surface area contributed by atoms with Crippen LogP contribution in [0.2, 0.25) is 25.7 Å². The molecule has 0 aliphatic carbocycles. The molecule has 0 N–H and O–H groups in total. The van der Waals surface area contributed by atoms with Gasteiger partial charge in [-0.25, -0.2) is 9.78 Å². The summed E-state index contributed by atoms with van der Waals surface area (Å²) in [5, 5.41) is 0. The standard InChI is InChI=1S/C9H20O3Si/c1-13(2,3)6-4-5-11-12-8-9-7-10-9/h9H,4-8H2,1-3H3. The molecule has 1 saturated heterocycles. The Morgan fingerprint density at radius 3 is 2.54 bits per heavy atom. The van der Waals surface area contributed by atoms with Gasteiger partial charge in [0.2, 0.25) is 0 Å². The predicted molar refractivity (Wildman–Crippen MR) is 54.4 cm³/mol. The Hall–Kier alpha value is 0.0969. The topological polar surface area (TPSA) is 31.0 Å². The fraction of sp³-hybridized carbons (Fsp3) is 1.00. The van der Waals surface area contributed by atoms with E-state index >= 15 is 0 Å². The van der Waals surface area contributed by atoms with Crippen LogP contribution >= 0.6 is 0 Å². The Morgan fingerprint density at radius 1 is 1.31 bits per heavy atom. The highest BCUT2D eigenvalue weighted by Gasteiger charge is 2.22. The molecule has 0 amide bonds. The lowest BCUT2D eigenvalue weighted by molar-refractivity contribution is -0.295. The van der Waals surface area contributed by atoms with Gasteiger partial charge in [0.1, 0.15) is 12.7 Å². The first-order valence-corrected chi connectivity index (χ1v) is 8.65. The molecular weight excluding hydrogens is 184 g/mol. The summed E-state index contributed by atoms with van der Waals surface area (Å²) in [6.45, 7) is 9.24. The third-order valence-electron chi connectivity index (χ3n) is 1.89. The van der Waals surface area contributed by atoms with E-state index in [0.717, 1.165) is 19.6 Å². The second-order valence-corrected chi connectivity index (χ2v) is 10.3. The van der Waals surface area contributed by atoms with Crippen LogP contribution in [0.3, 0.4) is 0 Å². The molecule has 1 fully saturated rings. The van der Waals surface area contributed by atoms with E-state index in [0.29, 0.717) is 12.7 Å². The van der Waals surface area contributed by atoms with Gasteiger partial charge in [0.05, 0.1) is 13.2 Å². The second-order valence-electron chi connectivity index (χ2n) is 4.73. The Bertz CT molecular complexity index is 140. The summed E-state index contributed by atoms with van der Waals surface area (Å²) in [5.41, 5.74) is 0. The van der Waals surface area contributed by atoms with E-state index in [-0.39, 0.29) is 0 Å². The van der Waals surface area contributed by atoms with Gasteiger partial charge in [-0.05, 0) is 6.42 Å². The normalized spacial score (nSPS) is 21.9. The lowest BCUT2D eigenvalue weighted by Crippen LogP contribution is -2.19.